The maximum absolute atomic E-state index is 12.8. The SMILES string of the molecule is CCOc1ccc(/C=C2\SC(=S)N(CC(=O)OC)C2=O)c2c(OCC)cccc12. The van der Waals surface area contributed by atoms with Crippen molar-refractivity contribution in [1.29, 1.82) is 0 Å². The van der Waals surface area contributed by atoms with Gasteiger partial charge in [-0.1, -0.05) is 42.2 Å². The molecular weight excluding hydrogens is 410 g/mol. The molecule has 1 saturated heterocycles. The van der Waals surface area contributed by atoms with Crippen molar-refractivity contribution >= 4 is 57.0 Å². The molecule has 1 amide bonds. The average molecular weight is 432 g/mol. The van der Waals surface area contributed by atoms with Gasteiger partial charge in [0.1, 0.15) is 22.4 Å². The highest BCUT2D eigenvalue weighted by molar-refractivity contribution is 8.26. The second kappa shape index (κ2) is 9.28. The summed E-state index contributed by atoms with van der Waals surface area (Å²) < 4.78 is 16.6. The predicted octanol–water partition coefficient (Wildman–Crippen LogP) is 4.01. The fourth-order valence-electron chi connectivity index (χ4n) is 3.02. The van der Waals surface area contributed by atoms with Crippen LogP contribution >= 0.6 is 24.0 Å². The number of ether oxygens (including phenoxy) is 3. The van der Waals surface area contributed by atoms with E-state index in [9.17, 15) is 9.59 Å². The first-order chi connectivity index (χ1) is 14.0. The Bertz CT molecular complexity index is 1000. The van der Waals surface area contributed by atoms with E-state index in [2.05, 4.69) is 4.74 Å². The van der Waals surface area contributed by atoms with Gasteiger partial charge in [0, 0.05) is 10.8 Å². The number of thioether (sulfide) groups is 1. The maximum Gasteiger partial charge on any atom is 0.325 e. The minimum absolute atomic E-state index is 0.202. The van der Waals surface area contributed by atoms with Gasteiger partial charge >= 0.3 is 5.97 Å². The lowest BCUT2D eigenvalue weighted by molar-refractivity contribution is -0.143. The Morgan fingerprint density at radius 3 is 2.55 bits per heavy atom. The summed E-state index contributed by atoms with van der Waals surface area (Å²) in [5, 5.41) is 1.76. The van der Waals surface area contributed by atoms with Gasteiger partial charge in [-0.05, 0) is 37.6 Å². The van der Waals surface area contributed by atoms with E-state index in [4.69, 9.17) is 21.7 Å². The lowest BCUT2D eigenvalue weighted by atomic mass is 10.0. The zero-order valence-corrected chi connectivity index (χ0v) is 18.0. The van der Waals surface area contributed by atoms with Gasteiger partial charge in [0.25, 0.3) is 5.91 Å². The standard InChI is InChI=1S/C21H21NO5S2/c1-4-26-15-10-9-13(19-14(15)7-6-8-16(19)27-5-2)11-17-20(24)22(21(28)29-17)12-18(23)25-3/h6-11H,4-5,12H2,1-3H3/b17-11-. The van der Waals surface area contributed by atoms with E-state index in [-0.39, 0.29) is 12.5 Å². The summed E-state index contributed by atoms with van der Waals surface area (Å²) in [7, 11) is 1.27. The number of amides is 1. The molecule has 0 radical (unpaired) electrons. The lowest BCUT2D eigenvalue weighted by Crippen LogP contribution is -2.33. The van der Waals surface area contributed by atoms with E-state index in [0.717, 1.165) is 33.8 Å². The molecule has 29 heavy (non-hydrogen) atoms. The topological polar surface area (TPSA) is 65.1 Å². The first-order valence-electron chi connectivity index (χ1n) is 9.13. The Morgan fingerprint density at radius 2 is 1.86 bits per heavy atom. The van der Waals surface area contributed by atoms with Crippen LogP contribution in [0, 0.1) is 0 Å². The molecule has 0 spiro atoms. The van der Waals surface area contributed by atoms with Crippen molar-refractivity contribution in [2.75, 3.05) is 26.9 Å². The molecule has 152 valence electrons. The summed E-state index contributed by atoms with van der Waals surface area (Å²) >= 11 is 6.43. The van der Waals surface area contributed by atoms with Crippen molar-refractivity contribution < 1.29 is 23.8 Å². The number of carbonyl (C=O) groups excluding carboxylic acids is 2. The van der Waals surface area contributed by atoms with Crippen LogP contribution in [0.25, 0.3) is 16.8 Å². The second-order valence-corrected chi connectivity index (χ2v) is 7.72. The fraction of sp³-hybridized carbons (Fsp3) is 0.286. The number of methoxy groups -OCH3 is 1. The number of rotatable bonds is 7. The molecule has 2 aromatic rings. The molecule has 6 nitrogen and oxygen atoms in total. The monoisotopic (exact) mass is 431 g/mol. The van der Waals surface area contributed by atoms with Gasteiger partial charge in [0.15, 0.2) is 0 Å². The molecule has 0 unspecified atom stereocenters. The number of fused-ring (bicyclic) bond motifs is 1. The Hall–Kier alpha value is -2.58. The van der Waals surface area contributed by atoms with Crippen molar-refractivity contribution in [2.24, 2.45) is 0 Å². The van der Waals surface area contributed by atoms with E-state index in [1.165, 1.54) is 12.0 Å². The van der Waals surface area contributed by atoms with Gasteiger partial charge in [-0.3, -0.25) is 14.5 Å². The average Bonchev–Trinajstić information content (AvgIpc) is 2.97. The zero-order valence-electron chi connectivity index (χ0n) is 16.4. The van der Waals surface area contributed by atoms with E-state index < -0.39 is 5.97 Å². The summed E-state index contributed by atoms with van der Waals surface area (Å²) in [5.41, 5.74) is 0.811. The first kappa shape index (κ1) is 21.1. The highest BCUT2D eigenvalue weighted by Gasteiger charge is 2.33. The third-order valence-electron chi connectivity index (χ3n) is 4.27. The quantitative estimate of drug-likeness (QED) is 0.373. The van der Waals surface area contributed by atoms with Crippen LogP contribution in [0.2, 0.25) is 0 Å². The van der Waals surface area contributed by atoms with Crippen molar-refractivity contribution in [3.63, 3.8) is 0 Å². The Balaban J connectivity index is 2.08. The molecule has 8 heteroatoms. The molecular formula is C21H21NO5S2. The van der Waals surface area contributed by atoms with E-state index in [0.29, 0.717) is 28.2 Å². The van der Waals surface area contributed by atoms with Crippen molar-refractivity contribution in [1.82, 2.24) is 4.90 Å². The van der Waals surface area contributed by atoms with E-state index in [1.807, 2.05) is 44.2 Å². The van der Waals surface area contributed by atoms with Crippen molar-refractivity contribution in [3.8, 4) is 11.5 Å². The van der Waals surface area contributed by atoms with Gasteiger partial charge in [0.2, 0.25) is 0 Å². The van der Waals surface area contributed by atoms with Gasteiger partial charge in [-0.2, -0.15) is 0 Å². The molecule has 0 aromatic heterocycles. The molecule has 1 aliphatic rings. The molecule has 0 saturated carbocycles. The third kappa shape index (κ3) is 4.38. The normalized spacial score (nSPS) is 15.3. The van der Waals surface area contributed by atoms with Crippen LogP contribution in [0.1, 0.15) is 19.4 Å². The number of hydrogen-bond acceptors (Lipinski definition) is 7. The van der Waals surface area contributed by atoms with Crippen LogP contribution in [-0.4, -0.2) is 48.0 Å². The number of esters is 1. The number of benzene rings is 2. The molecule has 1 fully saturated rings. The third-order valence-corrected chi connectivity index (χ3v) is 5.65. The van der Waals surface area contributed by atoms with Crippen LogP contribution in [0.15, 0.2) is 35.2 Å². The predicted molar refractivity (Wildman–Crippen MR) is 118 cm³/mol. The second-order valence-electron chi connectivity index (χ2n) is 6.04. The van der Waals surface area contributed by atoms with Gasteiger partial charge in [0.05, 0.1) is 25.2 Å². The van der Waals surface area contributed by atoms with E-state index in [1.54, 1.807) is 6.08 Å². The van der Waals surface area contributed by atoms with Gasteiger partial charge in [-0.25, -0.2) is 0 Å². The largest absolute Gasteiger partial charge is 0.493 e. The van der Waals surface area contributed by atoms with Crippen LogP contribution in [0.4, 0.5) is 0 Å². The van der Waals surface area contributed by atoms with Gasteiger partial charge < -0.3 is 14.2 Å². The Morgan fingerprint density at radius 1 is 1.14 bits per heavy atom. The smallest absolute Gasteiger partial charge is 0.325 e. The highest BCUT2D eigenvalue weighted by atomic mass is 32.2. The summed E-state index contributed by atoms with van der Waals surface area (Å²) in [6.45, 7) is 4.70. The Kier molecular flexibility index (Phi) is 6.76. The number of nitrogens with zero attached hydrogens (tertiary/aromatic N) is 1. The van der Waals surface area contributed by atoms with Crippen molar-refractivity contribution in [2.45, 2.75) is 13.8 Å². The van der Waals surface area contributed by atoms with Crippen LogP contribution in [-0.2, 0) is 14.3 Å². The molecule has 0 atom stereocenters. The van der Waals surface area contributed by atoms with Crippen molar-refractivity contribution in [3.05, 3.63) is 40.8 Å². The maximum atomic E-state index is 12.8. The molecule has 1 aliphatic heterocycles. The minimum Gasteiger partial charge on any atom is -0.493 e. The van der Waals surface area contributed by atoms with Crippen LogP contribution in [0.3, 0.4) is 0 Å². The molecule has 0 bridgehead atoms. The summed E-state index contributed by atoms with van der Waals surface area (Å²) in [6, 6.07) is 9.53. The number of carbonyl (C=O) groups is 2. The Labute approximate surface area is 178 Å². The van der Waals surface area contributed by atoms with Crippen LogP contribution < -0.4 is 9.47 Å². The summed E-state index contributed by atoms with van der Waals surface area (Å²) in [4.78, 5) is 26.0. The fourth-order valence-corrected chi connectivity index (χ4v) is 4.27. The first-order valence-corrected chi connectivity index (χ1v) is 10.4. The minimum atomic E-state index is -0.521. The molecule has 2 aromatic carbocycles. The summed E-state index contributed by atoms with van der Waals surface area (Å²) in [6.07, 6.45) is 1.77. The van der Waals surface area contributed by atoms with Gasteiger partial charge in [-0.15, -0.1) is 0 Å². The highest BCUT2D eigenvalue weighted by Crippen LogP contribution is 2.39. The molecule has 0 N–H and O–H groups in total. The van der Waals surface area contributed by atoms with Crippen LogP contribution in [0.5, 0.6) is 11.5 Å². The zero-order chi connectivity index (χ0) is 21.0. The number of hydrogen-bond donors (Lipinski definition) is 0. The summed E-state index contributed by atoms with van der Waals surface area (Å²) in [5.74, 6) is 0.622. The molecule has 0 aliphatic carbocycles. The van der Waals surface area contributed by atoms with E-state index >= 15 is 0 Å². The molecule has 3 rings (SSSR count). The molecule has 1 heterocycles. The lowest BCUT2D eigenvalue weighted by Gasteiger charge is -2.14. The number of thiocarbonyl (C=S) groups is 1.